The molecule has 0 atom stereocenters. The van der Waals surface area contributed by atoms with E-state index in [9.17, 15) is 0 Å². The topological polar surface area (TPSA) is 0 Å². The molecule has 0 saturated carbocycles. The molecule has 0 heteroatoms. The van der Waals surface area contributed by atoms with Crippen molar-refractivity contribution in [2.24, 2.45) is 0 Å². The van der Waals surface area contributed by atoms with Gasteiger partial charge in [0.2, 0.25) is 0 Å². The number of unbranched alkanes of at least 4 members (excludes halogenated alkanes) is 4. The standard InChI is InChI=1S/C26H32/c1-3-5-7-8-10-12-24-15-19-26(20-16-24)22-21-25-17-13-23(14-18-25)11-9-6-4-2/h4,6,13-20H,3,5,7-12H2,1-2H3. The van der Waals surface area contributed by atoms with Crippen LogP contribution >= 0.6 is 0 Å². The first-order chi connectivity index (χ1) is 12.8. The summed E-state index contributed by atoms with van der Waals surface area (Å²) in [5, 5.41) is 0. The fourth-order valence-corrected chi connectivity index (χ4v) is 3.00. The third kappa shape index (κ3) is 7.75. The molecule has 2 aromatic carbocycles. The molecular formula is C26H32. The number of rotatable bonds is 9. The third-order valence-electron chi connectivity index (χ3n) is 4.66. The summed E-state index contributed by atoms with van der Waals surface area (Å²) in [4.78, 5) is 0. The summed E-state index contributed by atoms with van der Waals surface area (Å²) in [6, 6.07) is 17.4. The molecular weight excluding hydrogens is 312 g/mol. The monoisotopic (exact) mass is 344 g/mol. The Hall–Kier alpha value is -2.26. The maximum atomic E-state index is 3.28. The summed E-state index contributed by atoms with van der Waals surface area (Å²) in [6.07, 6.45) is 14.4. The third-order valence-corrected chi connectivity index (χ3v) is 4.66. The van der Waals surface area contributed by atoms with Gasteiger partial charge in [-0.1, -0.05) is 80.9 Å². The number of hydrogen-bond acceptors (Lipinski definition) is 0. The van der Waals surface area contributed by atoms with Gasteiger partial charge in [0.15, 0.2) is 0 Å². The molecule has 0 unspecified atom stereocenters. The van der Waals surface area contributed by atoms with Crippen LogP contribution in [0.2, 0.25) is 0 Å². The van der Waals surface area contributed by atoms with E-state index in [1.165, 1.54) is 49.7 Å². The predicted molar refractivity (Wildman–Crippen MR) is 114 cm³/mol. The molecule has 2 aromatic rings. The molecule has 0 N–H and O–H groups in total. The van der Waals surface area contributed by atoms with E-state index in [0.29, 0.717) is 0 Å². The van der Waals surface area contributed by atoms with Gasteiger partial charge in [-0.2, -0.15) is 0 Å². The lowest BCUT2D eigenvalue weighted by Gasteiger charge is -2.02. The fourth-order valence-electron chi connectivity index (χ4n) is 3.00. The molecule has 26 heavy (non-hydrogen) atoms. The second kappa shape index (κ2) is 12.2. The van der Waals surface area contributed by atoms with Crippen molar-refractivity contribution in [2.75, 3.05) is 0 Å². The van der Waals surface area contributed by atoms with Crippen LogP contribution in [-0.2, 0) is 12.8 Å². The van der Waals surface area contributed by atoms with Gasteiger partial charge in [0.05, 0.1) is 0 Å². The summed E-state index contributed by atoms with van der Waals surface area (Å²) < 4.78 is 0. The molecule has 0 amide bonds. The summed E-state index contributed by atoms with van der Waals surface area (Å²) in [6.45, 7) is 4.33. The Kier molecular flexibility index (Phi) is 9.37. The van der Waals surface area contributed by atoms with E-state index >= 15 is 0 Å². The number of allylic oxidation sites excluding steroid dienone is 2. The highest BCUT2D eigenvalue weighted by Gasteiger charge is 1.95. The SMILES string of the molecule is CC=CCCc1ccc(C#Cc2ccc(CCCCCCC)cc2)cc1. The average Bonchev–Trinajstić information content (AvgIpc) is 2.68. The molecule has 0 aliphatic carbocycles. The maximum absolute atomic E-state index is 3.28. The number of hydrogen-bond donors (Lipinski definition) is 0. The minimum Gasteiger partial charge on any atom is -0.0917 e. The normalized spacial score (nSPS) is 10.7. The molecule has 0 spiro atoms. The first-order valence-electron chi connectivity index (χ1n) is 10.1. The van der Waals surface area contributed by atoms with Crippen LogP contribution in [0.3, 0.4) is 0 Å². The van der Waals surface area contributed by atoms with Crippen LogP contribution in [0.25, 0.3) is 0 Å². The van der Waals surface area contributed by atoms with Crippen molar-refractivity contribution >= 4 is 0 Å². The van der Waals surface area contributed by atoms with E-state index in [4.69, 9.17) is 0 Å². The minimum absolute atomic E-state index is 1.08. The molecule has 0 radical (unpaired) electrons. The number of aryl methyl sites for hydroxylation is 2. The Labute approximate surface area is 160 Å². The van der Waals surface area contributed by atoms with Gasteiger partial charge >= 0.3 is 0 Å². The quantitative estimate of drug-likeness (QED) is 0.258. The minimum atomic E-state index is 1.08. The Morgan fingerprint density at radius 3 is 1.77 bits per heavy atom. The molecule has 0 aromatic heterocycles. The molecule has 136 valence electrons. The van der Waals surface area contributed by atoms with Crippen LogP contribution in [0.15, 0.2) is 60.7 Å². The molecule has 0 nitrogen and oxygen atoms in total. The Morgan fingerprint density at radius 1 is 0.692 bits per heavy atom. The second-order valence-electron chi connectivity index (χ2n) is 6.92. The van der Waals surface area contributed by atoms with Crippen LogP contribution in [0, 0.1) is 11.8 Å². The Bertz CT molecular complexity index is 705. The summed E-state index contributed by atoms with van der Waals surface area (Å²) in [5.74, 6) is 6.56. The van der Waals surface area contributed by atoms with Gasteiger partial charge in [-0.3, -0.25) is 0 Å². The first kappa shape index (κ1) is 20.1. The molecule has 0 saturated heterocycles. The van der Waals surface area contributed by atoms with Gasteiger partial charge in [-0.05, 0) is 68.0 Å². The van der Waals surface area contributed by atoms with Gasteiger partial charge < -0.3 is 0 Å². The van der Waals surface area contributed by atoms with E-state index in [-0.39, 0.29) is 0 Å². The van der Waals surface area contributed by atoms with Crippen molar-refractivity contribution in [1.29, 1.82) is 0 Å². The van der Waals surface area contributed by atoms with Crippen LogP contribution in [0.4, 0.5) is 0 Å². The molecule has 0 aliphatic heterocycles. The van der Waals surface area contributed by atoms with Gasteiger partial charge in [0, 0.05) is 11.1 Å². The summed E-state index contributed by atoms with van der Waals surface area (Å²) in [5.41, 5.74) is 4.98. The Balaban J connectivity index is 1.83. The lowest BCUT2D eigenvalue weighted by atomic mass is 10.0. The van der Waals surface area contributed by atoms with Crippen LogP contribution in [0.5, 0.6) is 0 Å². The van der Waals surface area contributed by atoms with Crippen molar-refractivity contribution in [3.05, 3.63) is 82.9 Å². The molecule has 0 aliphatic rings. The second-order valence-corrected chi connectivity index (χ2v) is 6.92. The van der Waals surface area contributed by atoms with Crippen LogP contribution < -0.4 is 0 Å². The van der Waals surface area contributed by atoms with E-state index in [1.807, 2.05) is 0 Å². The largest absolute Gasteiger partial charge is 0.0917 e. The van der Waals surface area contributed by atoms with Crippen LogP contribution in [-0.4, -0.2) is 0 Å². The molecule has 0 fully saturated rings. The highest BCUT2D eigenvalue weighted by atomic mass is 14.0. The zero-order valence-corrected chi connectivity index (χ0v) is 16.4. The Morgan fingerprint density at radius 2 is 1.23 bits per heavy atom. The summed E-state index contributed by atoms with van der Waals surface area (Å²) >= 11 is 0. The van der Waals surface area contributed by atoms with Gasteiger partial charge in [0.1, 0.15) is 0 Å². The zero-order chi connectivity index (χ0) is 18.5. The lowest BCUT2D eigenvalue weighted by Crippen LogP contribution is -1.87. The maximum Gasteiger partial charge on any atom is 0.0249 e. The van der Waals surface area contributed by atoms with E-state index in [1.54, 1.807) is 0 Å². The van der Waals surface area contributed by atoms with Crippen molar-refractivity contribution < 1.29 is 0 Å². The fraction of sp³-hybridized carbons (Fsp3) is 0.385. The summed E-state index contributed by atoms with van der Waals surface area (Å²) in [7, 11) is 0. The first-order valence-corrected chi connectivity index (χ1v) is 10.1. The zero-order valence-electron chi connectivity index (χ0n) is 16.4. The smallest absolute Gasteiger partial charge is 0.0249 e. The van der Waals surface area contributed by atoms with Gasteiger partial charge in [-0.15, -0.1) is 0 Å². The van der Waals surface area contributed by atoms with Crippen molar-refractivity contribution in [2.45, 2.75) is 65.2 Å². The van der Waals surface area contributed by atoms with Gasteiger partial charge in [-0.25, -0.2) is 0 Å². The highest BCUT2D eigenvalue weighted by molar-refractivity contribution is 5.44. The van der Waals surface area contributed by atoms with Gasteiger partial charge in [0.25, 0.3) is 0 Å². The van der Waals surface area contributed by atoms with Crippen LogP contribution in [0.1, 0.15) is 74.6 Å². The predicted octanol–water partition coefficient (Wildman–Crippen LogP) is 7.11. The van der Waals surface area contributed by atoms with Crippen molar-refractivity contribution in [3.8, 4) is 11.8 Å². The molecule has 2 rings (SSSR count). The molecule has 0 bridgehead atoms. The van der Waals surface area contributed by atoms with E-state index < -0.39 is 0 Å². The molecule has 0 heterocycles. The van der Waals surface area contributed by atoms with E-state index in [0.717, 1.165) is 24.0 Å². The number of benzene rings is 2. The van der Waals surface area contributed by atoms with E-state index in [2.05, 4.69) is 86.4 Å². The highest BCUT2D eigenvalue weighted by Crippen LogP contribution is 2.11. The van der Waals surface area contributed by atoms with Crippen molar-refractivity contribution in [1.82, 2.24) is 0 Å². The average molecular weight is 345 g/mol. The van der Waals surface area contributed by atoms with Crippen molar-refractivity contribution in [3.63, 3.8) is 0 Å². The lowest BCUT2D eigenvalue weighted by molar-refractivity contribution is 0.632.